The number of methoxy groups -OCH3 is 3. The molecule has 40 heavy (non-hydrogen) atoms. The Morgan fingerprint density at radius 2 is 1.68 bits per heavy atom. The highest BCUT2D eigenvalue weighted by Crippen LogP contribution is 2.39. The normalized spacial score (nSPS) is 14.2. The van der Waals surface area contributed by atoms with Crippen LogP contribution >= 0.6 is 0 Å². The molecule has 1 aliphatic heterocycles. The van der Waals surface area contributed by atoms with Crippen LogP contribution in [0.3, 0.4) is 0 Å². The molecule has 0 bridgehead atoms. The highest BCUT2D eigenvalue weighted by Gasteiger charge is 2.34. The van der Waals surface area contributed by atoms with Crippen LogP contribution in [0.15, 0.2) is 78.3 Å². The molecule has 1 aliphatic rings. The molecule has 0 spiro atoms. The first-order chi connectivity index (χ1) is 19.4. The number of ether oxygens (including phenoxy) is 4. The van der Waals surface area contributed by atoms with E-state index >= 15 is 0 Å². The van der Waals surface area contributed by atoms with E-state index in [4.69, 9.17) is 18.9 Å². The number of aryl methyl sites for hydroxylation is 1. The minimum atomic E-state index is -0.588. The molecule has 3 aromatic carbocycles. The number of nitrogens with one attached hydrogen (secondary N) is 2. The number of rotatable bonds is 9. The molecule has 4 aromatic rings. The van der Waals surface area contributed by atoms with Crippen LogP contribution < -0.4 is 29.6 Å². The number of allylic oxidation sites excluding steroid dienone is 1. The Bertz CT molecular complexity index is 1560. The van der Waals surface area contributed by atoms with Crippen LogP contribution in [0.5, 0.6) is 23.0 Å². The van der Waals surface area contributed by atoms with Crippen LogP contribution in [0.4, 0.5) is 11.6 Å². The zero-order valence-electron chi connectivity index (χ0n) is 23.0. The van der Waals surface area contributed by atoms with Crippen LogP contribution in [0.2, 0.25) is 0 Å². The van der Waals surface area contributed by atoms with Gasteiger partial charge in [0.15, 0.2) is 11.5 Å². The summed E-state index contributed by atoms with van der Waals surface area (Å²) in [5.41, 5.74) is 4.59. The van der Waals surface area contributed by atoms with E-state index in [1.807, 2.05) is 56.3 Å². The molecule has 1 atom stereocenters. The maximum Gasteiger partial charge on any atom is 0.255 e. The van der Waals surface area contributed by atoms with Crippen molar-refractivity contribution in [2.45, 2.75) is 26.5 Å². The van der Waals surface area contributed by atoms with Crippen molar-refractivity contribution < 1.29 is 23.7 Å². The van der Waals surface area contributed by atoms with Crippen molar-refractivity contribution >= 4 is 17.5 Å². The van der Waals surface area contributed by atoms with Gasteiger partial charge in [0.25, 0.3) is 5.91 Å². The minimum absolute atomic E-state index is 0.332. The standard InChI is InChI=1S/C30H31N5O5/c1-18-6-8-20(9-7-18)16-40-25-12-10-21(14-26(25)39-5)28-27(19(2)33-30-31-17-32-35(28)30)29(36)34-23-15-22(37-3)11-13-24(23)38-4/h6-15,17,28H,16H2,1-5H3,(H,34,36)(H,31,32,33)/t28-/m0/s1. The van der Waals surface area contributed by atoms with Crippen LogP contribution in [0, 0.1) is 6.92 Å². The predicted octanol–water partition coefficient (Wildman–Crippen LogP) is 5.12. The molecule has 5 rings (SSSR count). The van der Waals surface area contributed by atoms with Gasteiger partial charge in [0.2, 0.25) is 5.95 Å². The molecule has 206 valence electrons. The Morgan fingerprint density at radius 3 is 2.40 bits per heavy atom. The first kappa shape index (κ1) is 26.6. The molecule has 0 radical (unpaired) electrons. The first-order valence-corrected chi connectivity index (χ1v) is 12.7. The number of amides is 1. The van der Waals surface area contributed by atoms with Crippen molar-refractivity contribution in [2.24, 2.45) is 0 Å². The lowest BCUT2D eigenvalue weighted by molar-refractivity contribution is -0.113. The fraction of sp³-hybridized carbons (Fsp3) is 0.233. The summed E-state index contributed by atoms with van der Waals surface area (Å²) in [5, 5.41) is 10.6. The maximum absolute atomic E-state index is 13.8. The van der Waals surface area contributed by atoms with Gasteiger partial charge in [-0.05, 0) is 49.2 Å². The van der Waals surface area contributed by atoms with Crippen molar-refractivity contribution in [1.82, 2.24) is 14.8 Å². The summed E-state index contributed by atoms with van der Waals surface area (Å²) in [6.07, 6.45) is 1.45. The molecular weight excluding hydrogens is 510 g/mol. The van der Waals surface area contributed by atoms with Gasteiger partial charge in [0, 0.05) is 11.8 Å². The molecule has 0 unspecified atom stereocenters. The lowest BCUT2D eigenvalue weighted by Gasteiger charge is -2.29. The van der Waals surface area contributed by atoms with Gasteiger partial charge in [0.05, 0.1) is 32.6 Å². The number of nitrogens with zero attached hydrogens (tertiary/aromatic N) is 3. The van der Waals surface area contributed by atoms with E-state index in [1.54, 1.807) is 44.2 Å². The Hall–Kier alpha value is -4.99. The third-order valence-electron chi connectivity index (χ3n) is 6.71. The molecule has 0 saturated heterocycles. The Kier molecular flexibility index (Phi) is 7.59. The van der Waals surface area contributed by atoms with Gasteiger partial charge in [-0.1, -0.05) is 35.9 Å². The van der Waals surface area contributed by atoms with Crippen LogP contribution in [-0.4, -0.2) is 42.0 Å². The van der Waals surface area contributed by atoms with Gasteiger partial charge in [0.1, 0.15) is 30.5 Å². The molecule has 10 heteroatoms. The summed E-state index contributed by atoms with van der Waals surface area (Å²) in [6, 6.07) is 18.4. The summed E-state index contributed by atoms with van der Waals surface area (Å²) < 4.78 is 24.3. The molecule has 0 fully saturated rings. The zero-order chi connectivity index (χ0) is 28.2. The third-order valence-corrected chi connectivity index (χ3v) is 6.71. The average molecular weight is 542 g/mol. The maximum atomic E-state index is 13.8. The van der Waals surface area contributed by atoms with Gasteiger partial charge in [-0.15, -0.1) is 0 Å². The minimum Gasteiger partial charge on any atom is -0.497 e. The van der Waals surface area contributed by atoms with Crippen molar-refractivity contribution in [3.8, 4) is 23.0 Å². The second-order valence-corrected chi connectivity index (χ2v) is 9.30. The van der Waals surface area contributed by atoms with E-state index in [2.05, 4.69) is 20.7 Å². The van der Waals surface area contributed by atoms with Crippen molar-refractivity contribution in [3.63, 3.8) is 0 Å². The summed E-state index contributed by atoms with van der Waals surface area (Å²) >= 11 is 0. The average Bonchev–Trinajstić information content (AvgIpc) is 3.44. The number of hydrogen-bond acceptors (Lipinski definition) is 8. The summed E-state index contributed by atoms with van der Waals surface area (Å²) in [7, 11) is 4.70. The fourth-order valence-corrected chi connectivity index (χ4v) is 4.61. The summed E-state index contributed by atoms with van der Waals surface area (Å²) in [5.74, 6) is 2.41. The van der Waals surface area contributed by atoms with E-state index in [0.717, 1.165) is 11.1 Å². The predicted molar refractivity (Wildman–Crippen MR) is 151 cm³/mol. The summed E-state index contributed by atoms with van der Waals surface area (Å²) in [6.45, 7) is 4.27. The lowest BCUT2D eigenvalue weighted by Crippen LogP contribution is -2.31. The first-order valence-electron chi connectivity index (χ1n) is 12.7. The Balaban J connectivity index is 1.48. The van der Waals surface area contributed by atoms with Gasteiger partial charge in [-0.2, -0.15) is 10.1 Å². The van der Waals surface area contributed by atoms with Crippen molar-refractivity contribution in [1.29, 1.82) is 0 Å². The third kappa shape index (κ3) is 5.28. The summed E-state index contributed by atoms with van der Waals surface area (Å²) in [4.78, 5) is 18.2. The second kappa shape index (κ2) is 11.4. The van der Waals surface area contributed by atoms with E-state index in [-0.39, 0.29) is 5.91 Å². The molecular formula is C30H31N5O5. The van der Waals surface area contributed by atoms with Crippen LogP contribution in [0.25, 0.3) is 0 Å². The van der Waals surface area contributed by atoms with E-state index < -0.39 is 6.04 Å². The van der Waals surface area contributed by atoms with Crippen LogP contribution in [-0.2, 0) is 11.4 Å². The number of aromatic nitrogens is 3. The number of hydrogen-bond donors (Lipinski definition) is 2. The number of carbonyl (C=O) groups is 1. The zero-order valence-corrected chi connectivity index (χ0v) is 23.0. The largest absolute Gasteiger partial charge is 0.497 e. The van der Waals surface area contributed by atoms with Gasteiger partial charge < -0.3 is 29.6 Å². The topological polar surface area (TPSA) is 109 Å². The SMILES string of the molecule is COc1ccc(OC)c(NC(=O)C2=C(C)Nc3ncnn3[C@H]2c2ccc(OCc3ccc(C)cc3)c(OC)c2)c1. The van der Waals surface area contributed by atoms with E-state index in [9.17, 15) is 4.79 Å². The highest BCUT2D eigenvalue weighted by atomic mass is 16.5. The Morgan fingerprint density at radius 1 is 0.925 bits per heavy atom. The number of carbonyl (C=O) groups excluding carboxylic acids is 1. The smallest absolute Gasteiger partial charge is 0.255 e. The lowest BCUT2D eigenvalue weighted by atomic mass is 9.94. The molecule has 1 aromatic heterocycles. The number of fused-ring (bicyclic) bond motifs is 1. The van der Waals surface area contributed by atoms with Gasteiger partial charge in [-0.25, -0.2) is 4.68 Å². The van der Waals surface area contributed by atoms with Gasteiger partial charge in [-0.3, -0.25) is 4.79 Å². The van der Waals surface area contributed by atoms with Crippen molar-refractivity contribution in [3.05, 3.63) is 95.0 Å². The molecule has 10 nitrogen and oxygen atoms in total. The monoisotopic (exact) mass is 541 g/mol. The molecule has 1 amide bonds. The van der Waals surface area contributed by atoms with Crippen LogP contribution in [0.1, 0.15) is 29.7 Å². The highest BCUT2D eigenvalue weighted by molar-refractivity contribution is 6.06. The number of benzene rings is 3. The molecule has 0 aliphatic carbocycles. The van der Waals surface area contributed by atoms with Crippen molar-refractivity contribution in [2.75, 3.05) is 32.0 Å². The van der Waals surface area contributed by atoms with Gasteiger partial charge >= 0.3 is 0 Å². The quantitative estimate of drug-likeness (QED) is 0.301. The molecule has 2 N–H and O–H groups in total. The molecule has 2 heterocycles. The Labute approximate surface area is 232 Å². The second-order valence-electron chi connectivity index (χ2n) is 9.30. The number of anilines is 2. The fourth-order valence-electron chi connectivity index (χ4n) is 4.61. The van der Waals surface area contributed by atoms with E-state index in [1.165, 1.54) is 11.9 Å². The molecule has 0 saturated carbocycles. The van der Waals surface area contributed by atoms with E-state index in [0.29, 0.717) is 52.5 Å².